The Morgan fingerprint density at radius 3 is 2.47 bits per heavy atom. The van der Waals surface area contributed by atoms with Crippen LogP contribution in [0.5, 0.6) is 11.5 Å². The zero-order valence-electron chi connectivity index (χ0n) is 17.4. The Bertz CT molecular complexity index is 1050. The molecule has 0 atom stereocenters. The van der Waals surface area contributed by atoms with Gasteiger partial charge in [0.2, 0.25) is 5.91 Å². The summed E-state index contributed by atoms with van der Waals surface area (Å²) in [7, 11) is 4.48. The topological polar surface area (TPSA) is 121 Å². The SMILES string of the molecule is COc1ccc(NC(=O)Cn2c(=O)c(N3CCCCC3)c(N)n(C)c2=O)c(OC)c1. The minimum absolute atomic E-state index is 0.111. The third kappa shape index (κ3) is 4.12. The Hall–Kier alpha value is -3.43. The Kier molecular flexibility index (Phi) is 6.34. The number of nitrogens with one attached hydrogen (secondary N) is 1. The lowest BCUT2D eigenvalue weighted by Crippen LogP contribution is -2.46. The van der Waals surface area contributed by atoms with E-state index in [1.807, 2.05) is 4.90 Å². The van der Waals surface area contributed by atoms with Gasteiger partial charge in [-0.1, -0.05) is 0 Å². The van der Waals surface area contributed by atoms with Gasteiger partial charge in [0.15, 0.2) is 0 Å². The Labute approximate surface area is 173 Å². The van der Waals surface area contributed by atoms with Crippen molar-refractivity contribution in [3.05, 3.63) is 39.0 Å². The van der Waals surface area contributed by atoms with Gasteiger partial charge in [-0.25, -0.2) is 9.36 Å². The van der Waals surface area contributed by atoms with Gasteiger partial charge in [0.25, 0.3) is 5.56 Å². The minimum Gasteiger partial charge on any atom is -0.497 e. The average molecular weight is 417 g/mol. The number of benzene rings is 1. The lowest BCUT2D eigenvalue weighted by atomic mass is 10.1. The maximum absolute atomic E-state index is 13.1. The zero-order chi connectivity index (χ0) is 21.8. The van der Waals surface area contributed by atoms with Gasteiger partial charge in [0.1, 0.15) is 29.5 Å². The number of piperidine rings is 1. The molecule has 3 N–H and O–H groups in total. The fourth-order valence-electron chi connectivity index (χ4n) is 3.56. The summed E-state index contributed by atoms with van der Waals surface area (Å²) < 4.78 is 12.5. The van der Waals surface area contributed by atoms with Crippen molar-refractivity contribution in [2.24, 2.45) is 7.05 Å². The molecule has 1 aromatic heterocycles. The van der Waals surface area contributed by atoms with Gasteiger partial charge in [-0.3, -0.25) is 14.2 Å². The molecule has 10 heteroatoms. The number of ether oxygens (including phenoxy) is 2. The van der Waals surface area contributed by atoms with Gasteiger partial charge < -0.3 is 25.4 Å². The van der Waals surface area contributed by atoms with Crippen LogP contribution in [0.25, 0.3) is 0 Å². The third-order valence-corrected chi connectivity index (χ3v) is 5.23. The summed E-state index contributed by atoms with van der Waals surface area (Å²) in [6, 6.07) is 4.91. The van der Waals surface area contributed by atoms with E-state index in [2.05, 4.69) is 5.32 Å². The van der Waals surface area contributed by atoms with E-state index in [1.54, 1.807) is 18.2 Å². The normalized spacial score (nSPS) is 13.8. The van der Waals surface area contributed by atoms with Crippen LogP contribution in [0.1, 0.15) is 19.3 Å². The van der Waals surface area contributed by atoms with Crippen molar-refractivity contribution in [3.8, 4) is 11.5 Å². The first-order valence-electron chi connectivity index (χ1n) is 9.73. The molecule has 0 bridgehead atoms. The number of aromatic nitrogens is 2. The van der Waals surface area contributed by atoms with Gasteiger partial charge in [0, 0.05) is 26.2 Å². The predicted molar refractivity (Wildman–Crippen MR) is 115 cm³/mol. The van der Waals surface area contributed by atoms with Crippen LogP contribution in [-0.2, 0) is 18.4 Å². The van der Waals surface area contributed by atoms with Crippen molar-refractivity contribution in [3.63, 3.8) is 0 Å². The summed E-state index contributed by atoms with van der Waals surface area (Å²) in [6.45, 7) is 0.932. The van der Waals surface area contributed by atoms with Crippen LogP contribution in [0, 0.1) is 0 Å². The number of methoxy groups -OCH3 is 2. The van der Waals surface area contributed by atoms with E-state index in [4.69, 9.17) is 15.2 Å². The summed E-state index contributed by atoms with van der Waals surface area (Å²) >= 11 is 0. The molecule has 1 saturated heterocycles. The fraction of sp³-hybridized carbons (Fsp3) is 0.450. The van der Waals surface area contributed by atoms with Crippen LogP contribution >= 0.6 is 0 Å². The summed E-state index contributed by atoms with van der Waals surface area (Å²) in [6.07, 6.45) is 2.97. The van der Waals surface area contributed by atoms with Gasteiger partial charge in [0.05, 0.1) is 19.9 Å². The van der Waals surface area contributed by atoms with Crippen LogP contribution in [-0.4, -0.2) is 42.4 Å². The second kappa shape index (κ2) is 8.93. The number of carbonyl (C=O) groups is 1. The summed E-state index contributed by atoms with van der Waals surface area (Å²) in [4.78, 5) is 40.2. The highest BCUT2D eigenvalue weighted by Crippen LogP contribution is 2.29. The molecule has 1 aliphatic rings. The molecule has 0 unspecified atom stereocenters. The quantitative estimate of drug-likeness (QED) is 0.712. The number of nitrogens with zero attached hydrogens (tertiary/aromatic N) is 3. The molecule has 3 rings (SSSR count). The molecule has 162 valence electrons. The van der Waals surface area contributed by atoms with E-state index in [1.165, 1.54) is 25.8 Å². The summed E-state index contributed by atoms with van der Waals surface area (Å²) in [5.41, 5.74) is 5.55. The Morgan fingerprint density at radius 2 is 1.83 bits per heavy atom. The van der Waals surface area contributed by atoms with E-state index in [9.17, 15) is 14.4 Å². The molecule has 2 heterocycles. The number of hydrogen-bond donors (Lipinski definition) is 2. The van der Waals surface area contributed by atoms with E-state index in [-0.39, 0.29) is 11.5 Å². The highest BCUT2D eigenvalue weighted by molar-refractivity contribution is 5.92. The molecular weight excluding hydrogens is 390 g/mol. The molecule has 0 spiro atoms. The monoisotopic (exact) mass is 417 g/mol. The van der Waals surface area contributed by atoms with E-state index >= 15 is 0 Å². The number of anilines is 3. The average Bonchev–Trinajstić information content (AvgIpc) is 2.76. The molecule has 2 aromatic rings. The van der Waals surface area contributed by atoms with Gasteiger partial charge >= 0.3 is 5.69 Å². The molecule has 10 nitrogen and oxygen atoms in total. The van der Waals surface area contributed by atoms with Crippen LogP contribution in [0.2, 0.25) is 0 Å². The minimum atomic E-state index is -0.643. The molecule has 1 fully saturated rings. The molecule has 1 aliphatic heterocycles. The summed E-state index contributed by atoms with van der Waals surface area (Å²) in [5.74, 6) is 0.543. The van der Waals surface area contributed by atoms with Crippen LogP contribution in [0.15, 0.2) is 27.8 Å². The lowest BCUT2D eigenvalue weighted by molar-refractivity contribution is -0.116. The number of nitrogen functional groups attached to an aromatic ring is 1. The van der Waals surface area contributed by atoms with Crippen molar-refractivity contribution >= 4 is 23.1 Å². The molecule has 1 amide bonds. The van der Waals surface area contributed by atoms with Crippen molar-refractivity contribution < 1.29 is 14.3 Å². The maximum Gasteiger partial charge on any atom is 0.332 e. The maximum atomic E-state index is 13.1. The molecule has 0 saturated carbocycles. The Balaban J connectivity index is 1.91. The van der Waals surface area contributed by atoms with Crippen LogP contribution in [0.3, 0.4) is 0 Å². The third-order valence-electron chi connectivity index (χ3n) is 5.23. The smallest absolute Gasteiger partial charge is 0.332 e. The lowest BCUT2D eigenvalue weighted by Gasteiger charge is -2.29. The number of hydrogen-bond acceptors (Lipinski definition) is 7. The van der Waals surface area contributed by atoms with Gasteiger partial charge in [-0.2, -0.15) is 0 Å². The Morgan fingerprint density at radius 1 is 1.13 bits per heavy atom. The first-order chi connectivity index (χ1) is 14.4. The fourth-order valence-corrected chi connectivity index (χ4v) is 3.56. The molecular formula is C20H27N5O5. The number of carbonyl (C=O) groups excluding carboxylic acids is 1. The van der Waals surface area contributed by atoms with E-state index in [0.29, 0.717) is 30.3 Å². The standard InChI is InChI=1S/C20H27N5O5/c1-23-18(21)17(24-9-5-4-6-10-24)19(27)25(20(23)28)12-16(26)22-14-8-7-13(29-2)11-15(14)30-3/h7-8,11H,4-6,9-10,12,21H2,1-3H3,(H,22,26). The highest BCUT2D eigenvalue weighted by atomic mass is 16.5. The molecule has 30 heavy (non-hydrogen) atoms. The van der Waals surface area contributed by atoms with Gasteiger partial charge in [-0.05, 0) is 31.4 Å². The van der Waals surface area contributed by atoms with E-state index in [0.717, 1.165) is 23.8 Å². The zero-order valence-corrected chi connectivity index (χ0v) is 17.4. The predicted octanol–water partition coefficient (Wildman–Crippen LogP) is 0.775. The largest absolute Gasteiger partial charge is 0.497 e. The van der Waals surface area contributed by atoms with E-state index < -0.39 is 23.7 Å². The molecule has 1 aromatic carbocycles. The van der Waals surface area contributed by atoms with Crippen molar-refractivity contribution in [2.75, 3.05) is 43.3 Å². The second-order valence-electron chi connectivity index (χ2n) is 7.13. The summed E-state index contributed by atoms with van der Waals surface area (Å²) in [5, 5.41) is 2.68. The van der Waals surface area contributed by atoms with Crippen molar-refractivity contribution in [1.82, 2.24) is 9.13 Å². The molecule has 0 aliphatic carbocycles. The van der Waals surface area contributed by atoms with Crippen molar-refractivity contribution in [1.29, 1.82) is 0 Å². The van der Waals surface area contributed by atoms with Crippen LogP contribution < -0.4 is 36.7 Å². The number of nitrogens with two attached hydrogens (primary N) is 1. The second-order valence-corrected chi connectivity index (χ2v) is 7.13. The number of rotatable bonds is 6. The molecule has 0 radical (unpaired) electrons. The van der Waals surface area contributed by atoms with Crippen molar-refractivity contribution in [2.45, 2.75) is 25.8 Å². The van der Waals surface area contributed by atoms with Crippen LogP contribution in [0.4, 0.5) is 17.2 Å². The first-order valence-corrected chi connectivity index (χ1v) is 9.73. The van der Waals surface area contributed by atoms with Gasteiger partial charge in [-0.15, -0.1) is 0 Å². The first kappa shape index (κ1) is 21.3. The number of amides is 1. The highest BCUT2D eigenvalue weighted by Gasteiger charge is 2.23.